The molecule has 3 amide bonds. The Bertz CT molecular complexity index is 844. The van der Waals surface area contributed by atoms with Crippen molar-refractivity contribution in [3.63, 3.8) is 0 Å². The molecule has 152 valence electrons. The normalized spacial score (nSPS) is 16.7. The van der Waals surface area contributed by atoms with Gasteiger partial charge in [-0.3, -0.25) is 9.78 Å². The number of amides is 3. The Labute approximate surface area is 170 Å². The summed E-state index contributed by atoms with van der Waals surface area (Å²) in [5.74, 6) is 1.30. The number of hydrogen-bond donors (Lipinski definition) is 1. The highest BCUT2D eigenvalue weighted by Crippen LogP contribution is 2.27. The molecule has 0 radical (unpaired) electrons. The standard InChI is InChI=1S/C22H26N4O3/c1-2-4-21(27)25-14-20(15-25)29-19-8-6-18(7-9-19)24-22(28)26-12-17(13-26)16-5-3-10-23-11-16/h3,5-11,17,20H,2,4,12-15H2,1H3,(H,24,28). The maximum Gasteiger partial charge on any atom is 0.321 e. The van der Waals surface area contributed by atoms with Crippen LogP contribution in [-0.2, 0) is 4.79 Å². The summed E-state index contributed by atoms with van der Waals surface area (Å²) in [4.78, 5) is 31.9. The SMILES string of the molecule is CCCC(=O)N1CC(Oc2ccc(NC(=O)N3CC(c4cccnc4)C3)cc2)C1. The lowest BCUT2D eigenvalue weighted by molar-refractivity contribution is -0.140. The van der Waals surface area contributed by atoms with Crippen LogP contribution in [0.2, 0.25) is 0 Å². The van der Waals surface area contributed by atoms with Gasteiger partial charge < -0.3 is 19.9 Å². The van der Waals surface area contributed by atoms with Gasteiger partial charge in [-0.2, -0.15) is 0 Å². The summed E-state index contributed by atoms with van der Waals surface area (Å²) >= 11 is 0. The molecule has 7 heteroatoms. The van der Waals surface area contributed by atoms with Crippen LogP contribution in [0, 0.1) is 0 Å². The highest BCUT2D eigenvalue weighted by molar-refractivity contribution is 5.90. The average molecular weight is 394 g/mol. The van der Waals surface area contributed by atoms with Crippen molar-refractivity contribution in [1.82, 2.24) is 14.8 Å². The first-order chi connectivity index (χ1) is 14.1. The van der Waals surface area contributed by atoms with Crippen molar-refractivity contribution in [2.24, 2.45) is 0 Å². The van der Waals surface area contributed by atoms with Crippen LogP contribution in [-0.4, -0.2) is 59.0 Å². The number of carbonyl (C=O) groups is 2. The maximum atomic E-state index is 12.4. The second kappa shape index (κ2) is 8.51. The summed E-state index contributed by atoms with van der Waals surface area (Å²) < 4.78 is 5.89. The van der Waals surface area contributed by atoms with Crippen LogP contribution in [0.25, 0.3) is 0 Å². The van der Waals surface area contributed by atoms with E-state index in [1.54, 1.807) is 11.1 Å². The molecule has 0 bridgehead atoms. The number of rotatable bonds is 6. The molecule has 2 saturated heterocycles. The van der Waals surface area contributed by atoms with Gasteiger partial charge >= 0.3 is 6.03 Å². The van der Waals surface area contributed by atoms with E-state index in [4.69, 9.17) is 4.74 Å². The van der Waals surface area contributed by atoms with E-state index in [2.05, 4.69) is 10.3 Å². The Morgan fingerprint density at radius 2 is 1.86 bits per heavy atom. The summed E-state index contributed by atoms with van der Waals surface area (Å²) in [6.45, 7) is 4.70. The van der Waals surface area contributed by atoms with Crippen LogP contribution < -0.4 is 10.1 Å². The number of nitrogens with zero attached hydrogens (tertiary/aromatic N) is 3. The number of anilines is 1. The van der Waals surface area contributed by atoms with Crippen molar-refractivity contribution >= 4 is 17.6 Å². The summed E-state index contributed by atoms with van der Waals surface area (Å²) in [6, 6.07) is 11.2. The van der Waals surface area contributed by atoms with Gasteiger partial charge in [0.05, 0.1) is 13.1 Å². The van der Waals surface area contributed by atoms with Gasteiger partial charge in [0.2, 0.25) is 5.91 Å². The molecule has 29 heavy (non-hydrogen) atoms. The summed E-state index contributed by atoms with van der Waals surface area (Å²) in [5, 5.41) is 2.92. The second-order valence-corrected chi connectivity index (χ2v) is 7.63. The first kappa shape index (κ1) is 19.2. The van der Waals surface area contributed by atoms with Gasteiger partial charge in [-0.05, 0) is 42.3 Å². The van der Waals surface area contributed by atoms with E-state index in [0.29, 0.717) is 38.5 Å². The third kappa shape index (κ3) is 4.50. The zero-order valence-corrected chi connectivity index (χ0v) is 16.6. The lowest BCUT2D eigenvalue weighted by Gasteiger charge is -2.39. The van der Waals surface area contributed by atoms with E-state index in [9.17, 15) is 9.59 Å². The Hall–Kier alpha value is -3.09. The van der Waals surface area contributed by atoms with Gasteiger partial charge in [0.25, 0.3) is 0 Å². The largest absolute Gasteiger partial charge is 0.487 e. The smallest absolute Gasteiger partial charge is 0.321 e. The fourth-order valence-corrected chi connectivity index (χ4v) is 3.57. The van der Waals surface area contributed by atoms with Crippen LogP contribution in [0.4, 0.5) is 10.5 Å². The van der Waals surface area contributed by atoms with Crippen molar-refractivity contribution in [3.8, 4) is 5.75 Å². The number of urea groups is 1. The topological polar surface area (TPSA) is 74.8 Å². The van der Waals surface area contributed by atoms with E-state index >= 15 is 0 Å². The Kier molecular flexibility index (Phi) is 5.64. The Morgan fingerprint density at radius 1 is 1.10 bits per heavy atom. The number of benzene rings is 1. The predicted octanol–water partition coefficient (Wildman–Crippen LogP) is 3.10. The van der Waals surface area contributed by atoms with Gasteiger partial charge in [0, 0.05) is 43.5 Å². The van der Waals surface area contributed by atoms with E-state index < -0.39 is 0 Å². The van der Waals surface area contributed by atoms with Gasteiger partial charge in [0.15, 0.2) is 0 Å². The monoisotopic (exact) mass is 394 g/mol. The lowest BCUT2D eigenvalue weighted by Crippen LogP contribution is -2.56. The van der Waals surface area contributed by atoms with Crippen molar-refractivity contribution in [1.29, 1.82) is 0 Å². The van der Waals surface area contributed by atoms with E-state index in [-0.39, 0.29) is 18.0 Å². The molecule has 1 aromatic heterocycles. The highest BCUT2D eigenvalue weighted by Gasteiger charge is 2.32. The van der Waals surface area contributed by atoms with Crippen molar-refractivity contribution in [2.45, 2.75) is 31.8 Å². The molecular formula is C22H26N4O3. The molecule has 0 aliphatic carbocycles. The number of pyridine rings is 1. The molecule has 0 spiro atoms. The molecule has 0 atom stereocenters. The van der Waals surface area contributed by atoms with Crippen LogP contribution in [0.3, 0.4) is 0 Å². The number of hydrogen-bond acceptors (Lipinski definition) is 4. The van der Waals surface area contributed by atoms with Crippen molar-refractivity contribution < 1.29 is 14.3 Å². The second-order valence-electron chi connectivity index (χ2n) is 7.63. The molecule has 1 aromatic carbocycles. The molecule has 2 fully saturated rings. The van der Waals surface area contributed by atoms with Gasteiger partial charge in [-0.1, -0.05) is 13.0 Å². The molecule has 3 heterocycles. The summed E-state index contributed by atoms with van der Waals surface area (Å²) in [5.41, 5.74) is 1.91. The maximum absolute atomic E-state index is 12.4. The first-order valence-corrected chi connectivity index (χ1v) is 10.1. The zero-order chi connectivity index (χ0) is 20.2. The highest BCUT2D eigenvalue weighted by atomic mass is 16.5. The molecule has 1 N–H and O–H groups in total. The van der Waals surface area contributed by atoms with E-state index in [1.807, 2.05) is 54.4 Å². The van der Waals surface area contributed by atoms with Crippen LogP contribution in [0.5, 0.6) is 5.75 Å². The van der Waals surface area contributed by atoms with Crippen LogP contribution >= 0.6 is 0 Å². The molecule has 2 aliphatic rings. The fourth-order valence-electron chi connectivity index (χ4n) is 3.57. The van der Waals surface area contributed by atoms with E-state index in [1.165, 1.54) is 5.56 Å². The van der Waals surface area contributed by atoms with Gasteiger partial charge in [0.1, 0.15) is 11.9 Å². The minimum absolute atomic E-state index is 0.0433. The molecule has 2 aromatic rings. The lowest BCUT2D eigenvalue weighted by atomic mass is 9.93. The minimum atomic E-state index is -0.0946. The van der Waals surface area contributed by atoms with Gasteiger partial charge in [-0.25, -0.2) is 4.79 Å². The van der Waals surface area contributed by atoms with Crippen molar-refractivity contribution in [3.05, 3.63) is 54.4 Å². The number of aromatic nitrogens is 1. The first-order valence-electron chi connectivity index (χ1n) is 10.1. The number of likely N-dealkylation sites (tertiary alicyclic amines) is 2. The van der Waals surface area contributed by atoms with E-state index in [0.717, 1.165) is 17.9 Å². The molecule has 2 aliphatic heterocycles. The number of ether oxygens (including phenoxy) is 1. The minimum Gasteiger partial charge on any atom is -0.487 e. The third-order valence-corrected chi connectivity index (χ3v) is 5.40. The average Bonchev–Trinajstić information content (AvgIpc) is 2.65. The molecule has 4 rings (SSSR count). The molecule has 0 saturated carbocycles. The summed E-state index contributed by atoms with van der Waals surface area (Å²) in [6.07, 6.45) is 5.13. The predicted molar refractivity (Wildman–Crippen MR) is 110 cm³/mol. The Balaban J connectivity index is 1.20. The quantitative estimate of drug-likeness (QED) is 0.817. The van der Waals surface area contributed by atoms with Crippen molar-refractivity contribution in [2.75, 3.05) is 31.5 Å². The van der Waals surface area contributed by atoms with Crippen LogP contribution in [0.15, 0.2) is 48.8 Å². The molecule has 0 unspecified atom stereocenters. The Morgan fingerprint density at radius 3 is 2.52 bits per heavy atom. The summed E-state index contributed by atoms with van der Waals surface area (Å²) in [7, 11) is 0. The zero-order valence-electron chi connectivity index (χ0n) is 16.6. The molecular weight excluding hydrogens is 368 g/mol. The third-order valence-electron chi connectivity index (χ3n) is 5.40. The number of nitrogens with one attached hydrogen (secondary N) is 1. The van der Waals surface area contributed by atoms with Gasteiger partial charge in [-0.15, -0.1) is 0 Å². The number of carbonyl (C=O) groups excluding carboxylic acids is 2. The fraction of sp³-hybridized carbons (Fsp3) is 0.409. The van der Waals surface area contributed by atoms with Crippen LogP contribution in [0.1, 0.15) is 31.2 Å². The molecule has 7 nitrogen and oxygen atoms in total.